The summed E-state index contributed by atoms with van der Waals surface area (Å²) in [4.78, 5) is 99.6. The van der Waals surface area contributed by atoms with Crippen LogP contribution in [0.3, 0.4) is 0 Å². The standard InChI is InChI=1S/C28H47N8O18P3S2/c1-15(37)35-16(6-9-58-4)27(42)59-10-8-30-18(38)5-7-31-25(41)22(40)28(2,3)12-51-57(48,49)54-56(46,47)50-11-17-21(53-55(43,44)45)20(39)26(52-17)36-14-34-19-23(29)32-13-33-24(19)36/h13-14,16-17,20-22,26,39-40H,5-12H2,1-4H3,(H,30,38)(H,31,41)(H,35,37)(H,46,47)(H,48,49)(H2,29,32,33)(H2,43,44,45). The number of fused-ring (bicyclic) bond motifs is 1. The number of nitrogens with two attached hydrogens (primary N) is 1. The number of phosphoric acid groups is 3. The largest absolute Gasteiger partial charge is 0.481 e. The van der Waals surface area contributed by atoms with Gasteiger partial charge < -0.3 is 56.2 Å². The lowest BCUT2D eigenvalue weighted by molar-refractivity contribution is -0.137. The fraction of sp³-hybridized carbons (Fsp3) is 0.679. The summed E-state index contributed by atoms with van der Waals surface area (Å²) < 4.78 is 62.2. The molecule has 2 aromatic heterocycles. The highest BCUT2D eigenvalue weighted by molar-refractivity contribution is 8.13. The van der Waals surface area contributed by atoms with Gasteiger partial charge in [0.2, 0.25) is 22.8 Å². The number of nitrogens with zero attached hydrogens (tertiary/aromatic N) is 4. The predicted octanol–water partition coefficient (Wildman–Crippen LogP) is -1.08. The molecule has 0 aromatic carbocycles. The van der Waals surface area contributed by atoms with Crippen LogP contribution in [0.1, 0.15) is 39.8 Å². The number of aliphatic hydroxyl groups is 2. The van der Waals surface area contributed by atoms with Gasteiger partial charge in [0.15, 0.2) is 17.7 Å². The molecule has 26 nitrogen and oxygen atoms in total. The lowest BCUT2D eigenvalue weighted by Crippen LogP contribution is -2.46. The lowest BCUT2D eigenvalue weighted by Gasteiger charge is -2.30. The molecule has 8 unspecified atom stereocenters. The van der Waals surface area contributed by atoms with Gasteiger partial charge in [-0.2, -0.15) is 16.1 Å². The van der Waals surface area contributed by atoms with Crippen LogP contribution < -0.4 is 21.7 Å². The second-order valence-corrected chi connectivity index (χ2v) is 19.6. The van der Waals surface area contributed by atoms with Gasteiger partial charge in [0, 0.05) is 37.6 Å². The molecule has 31 heteroatoms. The Balaban J connectivity index is 1.47. The molecule has 3 rings (SSSR count). The molecule has 59 heavy (non-hydrogen) atoms. The predicted molar refractivity (Wildman–Crippen MR) is 208 cm³/mol. The molecule has 8 atom stereocenters. The zero-order valence-corrected chi connectivity index (χ0v) is 36.2. The molecular weight excluding hydrogens is 893 g/mol. The van der Waals surface area contributed by atoms with E-state index < -0.39 is 90.6 Å². The molecule has 11 N–H and O–H groups in total. The van der Waals surface area contributed by atoms with Crippen molar-refractivity contribution in [3.63, 3.8) is 0 Å². The van der Waals surface area contributed by atoms with Crippen molar-refractivity contribution in [2.75, 3.05) is 49.8 Å². The molecule has 1 saturated heterocycles. The van der Waals surface area contributed by atoms with Crippen molar-refractivity contribution in [1.82, 2.24) is 35.5 Å². The second-order valence-electron chi connectivity index (χ2n) is 13.3. The molecule has 1 aliphatic rings. The first-order valence-electron chi connectivity index (χ1n) is 17.2. The van der Waals surface area contributed by atoms with E-state index in [-0.39, 0.29) is 53.3 Å². The molecule has 334 valence electrons. The minimum Gasteiger partial charge on any atom is -0.386 e. The molecule has 3 heterocycles. The number of carbonyl (C=O) groups is 4. The molecule has 0 saturated carbocycles. The number of amides is 3. The Morgan fingerprint density at radius 2 is 1.71 bits per heavy atom. The van der Waals surface area contributed by atoms with Crippen LogP contribution in [-0.4, -0.2) is 147 Å². The third-order valence-corrected chi connectivity index (χ3v) is 12.7. The maximum atomic E-state index is 12.7. The fourth-order valence-corrected chi connectivity index (χ4v) is 9.20. The van der Waals surface area contributed by atoms with Crippen molar-refractivity contribution in [2.45, 2.75) is 70.3 Å². The maximum Gasteiger partial charge on any atom is 0.481 e. The van der Waals surface area contributed by atoms with Gasteiger partial charge in [-0.15, -0.1) is 0 Å². The summed E-state index contributed by atoms with van der Waals surface area (Å²) in [5.41, 5.74) is 4.22. The Hall–Kier alpha value is -2.62. The molecule has 0 aliphatic carbocycles. The number of phosphoric ester groups is 3. The number of imidazole rings is 1. The number of ether oxygens (including phenoxy) is 1. The third kappa shape index (κ3) is 16.0. The number of carbonyl (C=O) groups excluding carboxylic acids is 4. The van der Waals surface area contributed by atoms with Crippen LogP contribution in [0.2, 0.25) is 0 Å². The molecule has 0 radical (unpaired) electrons. The van der Waals surface area contributed by atoms with E-state index in [0.717, 1.165) is 29.0 Å². The highest BCUT2D eigenvalue weighted by atomic mass is 32.2. The average molecular weight is 941 g/mol. The van der Waals surface area contributed by atoms with Crippen LogP contribution in [-0.2, 0) is 55.5 Å². The number of rotatable bonds is 24. The molecule has 0 bridgehead atoms. The van der Waals surface area contributed by atoms with Crippen LogP contribution in [0.25, 0.3) is 11.2 Å². The van der Waals surface area contributed by atoms with Crippen LogP contribution in [0.4, 0.5) is 5.82 Å². The van der Waals surface area contributed by atoms with E-state index in [1.807, 2.05) is 6.26 Å². The van der Waals surface area contributed by atoms with Gasteiger partial charge in [-0.25, -0.2) is 28.6 Å². The van der Waals surface area contributed by atoms with E-state index in [1.165, 1.54) is 32.5 Å². The first-order valence-corrected chi connectivity index (χ1v) is 24.1. The first-order chi connectivity index (χ1) is 27.4. The molecule has 0 spiro atoms. The van der Waals surface area contributed by atoms with Gasteiger partial charge in [-0.1, -0.05) is 25.6 Å². The SMILES string of the molecule is CSCCC(NC(C)=O)C(=O)SCCNC(=O)CCNC(=O)C(O)C(C)(C)COP(=O)(O)OP(=O)(O)OCC1OC(n2cnc3c(N)ncnc32)C(O)C1OP(=O)(O)O. The van der Waals surface area contributed by atoms with E-state index >= 15 is 0 Å². The summed E-state index contributed by atoms with van der Waals surface area (Å²) in [5.74, 6) is -0.990. The Kier molecular flexibility index (Phi) is 18.9. The topological polar surface area (TPSA) is 393 Å². The van der Waals surface area contributed by atoms with Gasteiger partial charge in [-0.05, 0) is 18.4 Å². The Morgan fingerprint density at radius 3 is 2.36 bits per heavy atom. The van der Waals surface area contributed by atoms with Crippen molar-refractivity contribution in [3.05, 3.63) is 12.7 Å². The summed E-state index contributed by atoms with van der Waals surface area (Å²) in [6.07, 6.45) is -4.71. The summed E-state index contributed by atoms with van der Waals surface area (Å²) in [7, 11) is -16.4. The van der Waals surface area contributed by atoms with Gasteiger partial charge in [0.1, 0.15) is 36.3 Å². The Morgan fingerprint density at radius 1 is 1.03 bits per heavy atom. The highest BCUT2D eigenvalue weighted by Crippen LogP contribution is 2.61. The highest BCUT2D eigenvalue weighted by Gasteiger charge is 2.50. The number of hydrogen-bond acceptors (Lipinski definition) is 20. The molecule has 3 amide bonds. The summed E-state index contributed by atoms with van der Waals surface area (Å²) in [5, 5.41) is 28.7. The molecule has 2 aromatic rings. The number of aliphatic hydroxyl groups excluding tert-OH is 2. The van der Waals surface area contributed by atoms with Gasteiger partial charge in [-0.3, -0.25) is 37.3 Å². The van der Waals surface area contributed by atoms with E-state index in [0.29, 0.717) is 12.2 Å². The van der Waals surface area contributed by atoms with Crippen molar-refractivity contribution < 1.29 is 85.3 Å². The average Bonchev–Trinajstić information content (AvgIpc) is 3.69. The monoisotopic (exact) mass is 940 g/mol. The Bertz CT molecular complexity index is 1940. The Labute approximate surface area is 344 Å². The zero-order valence-electron chi connectivity index (χ0n) is 31.9. The van der Waals surface area contributed by atoms with Gasteiger partial charge >= 0.3 is 23.5 Å². The minimum absolute atomic E-state index is 0.0235. The van der Waals surface area contributed by atoms with Gasteiger partial charge in [0.25, 0.3) is 0 Å². The van der Waals surface area contributed by atoms with E-state index in [1.54, 1.807) is 0 Å². The summed E-state index contributed by atoms with van der Waals surface area (Å²) in [6, 6.07) is -0.655. The van der Waals surface area contributed by atoms with Crippen molar-refractivity contribution in [2.24, 2.45) is 5.41 Å². The van der Waals surface area contributed by atoms with Crippen molar-refractivity contribution in [3.8, 4) is 0 Å². The van der Waals surface area contributed by atoms with E-state index in [2.05, 4.69) is 39.7 Å². The zero-order chi connectivity index (χ0) is 44.3. The normalized spacial score (nSPS) is 21.6. The quantitative estimate of drug-likeness (QED) is 0.0442. The number of thioether (sulfide) groups is 2. The van der Waals surface area contributed by atoms with Crippen molar-refractivity contribution >= 4 is 86.8 Å². The second kappa shape index (κ2) is 21.9. The smallest absolute Gasteiger partial charge is 0.386 e. The lowest BCUT2D eigenvalue weighted by atomic mass is 9.87. The number of nitrogen functional groups attached to an aromatic ring is 1. The third-order valence-electron chi connectivity index (χ3n) is 8.02. The summed E-state index contributed by atoms with van der Waals surface area (Å²) >= 11 is 2.47. The first kappa shape index (κ1) is 50.7. The van der Waals surface area contributed by atoms with Crippen molar-refractivity contribution in [1.29, 1.82) is 0 Å². The van der Waals surface area contributed by atoms with E-state index in [4.69, 9.17) is 19.5 Å². The minimum atomic E-state index is -5.59. The number of hydrogen-bond donors (Lipinski definition) is 10. The van der Waals surface area contributed by atoms with Crippen LogP contribution >= 0.6 is 47.0 Å². The molecule has 1 fully saturated rings. The maximum absolute atomic E-state index is 12.7. The van der Waals surface area contributed by atoms with Crippen LogP contribution in [0.5, 0.6) is 0 Å². The number of aromatic nitrogens is 4. The van der Waals surface area contributed by atoms with Crippen LogP contribution in [0.15, 0.2) is 12.7 Å². The van der Waals surface area contributed by atoms with Crippen LogP contribution in [0, 0.1) is 5.41 Å². The molecule has 1 aliphatic heterocycles. The fourth-order valence-electron chi connectivity index (χ4n) is 5.11. The molecular formula is C28H47N8O18P3S2. The van der Waals surface area contributed by atoms with Gasteiger partial charge in [0.05, 0.1) is 25.6 Å². The summed E-state index contributed by atoms with van der Waals surface area (Å²) in [6.45, 7) is 1.61. The number of anilines is 1. The van der Waals surface area contributed by atoms with E-state index in [9.17, 15) is 62.7 Å². The number of nitrogens with one attached hydrogen (secondary N) is 3.